The van der Waals surface area contributed by atoms with Crippen molar-refractivity contribution in [3.8, 4) is 6.07 Å². The quantitative estimate of drug-likeness (QED) is 0.474. The molecule has 0 amide bonds. The Morgan fingerprint density at radius 2 is 1.62 bits per heavy atom. The van der Waals surface area contributed by atoms with Gasteiger partial charge in [-0.05, 0) is 69.3 Å². The molecular formula is C25H32F2N2. The number of hydrogen-bond acceptors (Lipinski definition) is 2. The Balaban J connectivity index is 2.20. The molecule has 0 radical (unpaired) electrons. The lowest BCUT2D eigenvalue weighted by molar-refractivity contribution is 0.155. The van der Waals surface area contributed by atoms with Gasteiger partial charge in [0.25, 0.3) is 0 Å². The van der Waals surface area contributed by atoms with Gasteiger partial charge in [0.2, 0.25) is 0 Å². The Bertz CT molecular complexity index is 826. The minimum absolute atomic E-state index is 0.0172. The fourth-order valence-electron chi connectivity index (χ4n) is 4.15. The van der Waals surface area contributed by atoms with Crippen LogP contribution in [0.3, 0.4) is 0 Å². The van der Waals surface area contributed by atoms with E-state index in [-0.39, 0.29) is 12.0 Å². The molecule has 2 nitrogen and oxygen atoms in total. The van der Waals surface area contributed by atoms with Gasteiger partial charge in [0.15, 0.2) is 11.6 Å². The summed E-state index contributed by atoms with van der Waals surface area (Å²) in [4.78, 5) is 2.42. The molecule has 156 valence electrons. The zero-order chi connectivity index (χ0) is 21.6. The number of benzene rings is 2. The molecule has 0 heterocycles. The van der Waals surface area contributed by atoms with E-state index in [0.29, 0.717) is 18.0 Å². The second-order valence-electron chi connectivity index (χ2n) is 8.39. The van der Waals surface area contributed by atoms with Crippen molar-refractivity contribution in [1.82, 2.24) is 4.90 Å². The van der Waals surface area contributed by atoms with Gasteiger partial charge in [-0.1, -0.05) is 50.2 Å². The van der Waals surface area contributed by atoms with Crippen molar-refractivity contribution < 1.29 is 8.78 Å². The van der Waals surface area contributed by atoms with Crippen LogP contribution in [0, 0.1) is 28.9 Å². The van der Waals surface area contributed by atoms with Crippen molar-refractivity contribution in [2.75, 3.05) is 6.54 Å². The molecule has 2 rings (SSSR count). The molecule has 0 saturated heterocycles. The molecule has 0 N–H and O–H groups in total. The minimum atomic E-state index is -0.899. The van der Waals surface area contributed by atoms with Gasteiger partial charge in [0.05, 0.1) is 11.5 Å². The van der Waals surface area contributed by atoms with E-state index in [1.54, 1.807) is 6.07 Å². The Kier molecular flexibility index (Phi) is 7.93. The molecule has 2 atom stereocenters. The van der Waals surface area contributed by atoms with Crippen molar-refractivity contribution in [1.29, 1.82) is 5.26 Å². The van der Waals surface area contributed by atoms with Crippen LogP contribution in [0.4, 0.5) is 8.78 Å². The summed E-state index contributed by atoms with van der Waals surface area (Å²) in [5, 5.41) is 10.0. The third-order valence-corrected chi connectivity index (χ3v) is 6.05. The van der Waals surface area contributed by atoms with Crippen LogP contribution in [0.15, 0.2) is 48.5 Å². The van der Waals surface area contributed by atoms with Crippen molar-refractivity contribution >= 4 is 0 Å². The van der Waals surface area contributed by atoms with Crippen molar-refractivity contribution in [3.63, 3.8) is 0 Å². The van der Waals surface area contributed by atoms with E-state index < -0.39 is 17.0 Å². The SMILES string of the molecule is CC(C)N(CCCC(C#N)(c1ccc(F)c(F)c1)C(C)C)C(C)c1ccccc1. The number of nitrogens with zero attached hydrogens (tertiary/aromatic N) is 2. The molecule has 0 bridgehead atoms. The van der Waals surface area contributed by atoms with Crippen LogP contribution in [-0.2, 0) is 5.41 Å². The average Bonchev–Trinajstić information content (AvgIpc) is 2.70. The number of rotatable bonds is 9. The average molecular weight is 399 g/mol. The molecular weight excluding hydrogens is 366 g/mol. The van der Waals surface area contributed by atoms with Crippen LogP contribution in [0.2, 0.25) is 0 Å². The second kappa shape index (κ2) is 9.98. The summed E-state index contributed by atoms with van der Waals surface area (Å²) in [6.07, 6.45) is 1.39. The fraction of sp³-hybridized carbons (Fsp3) is 0.480. The molecule has 0 aliphatic rings. The third-order valence-electron chi connectivity index (χ3n) is 6.05. The van der Waals surface area contributed by atoms with Crippen LogP contribution < -0.4 is 0 Å². The molecule has 2 aromatic rings. The first-order valence-corrected chi connectivity index (χ1v) is 10.4. The fourth-order valence-corrected chi connectivity index (χ4v) is 4.15. The first kappa shape index (κ1) is 23.0. The number of nitriles is 1. The highest BCUT2D eigenvalue weighted by Gasteiger charge is 2.36. The van der Waals surface area contributed by atoms with Crippen molar-refractivity contribution in [2.24, 2.45) is 5.92 Å². The monoisotopic (exact) mass is 398 g/mol. The van der Waals surface area contributed by atoms with Gasteiger partial charge in [-0.3, -0.25) is 4.90 Å². The Labute approximate surface area is 174 Å². The summed E-state index contributed by atoms with van der Waals surface area (Å²) in [6, 6.07) is 17.3. The van der Waals surface area contributed by atoms with E-state index in [0.717, 1.165) is 19.0 Å². The third kappa shape index (κ3) is 5.22. The molecule has 0 spiro atoms. The number of halogens is 2. The van der Waals surface area contributed by atoms with Crippen molar-refractivity contribution in [3.05, 3.63) is 71.3 Å². The molecule has 2 aromatic carbocycles. The molecule has 0 aliphatic heterocycles. The minimum Gasteiger partial charge on any atom is -0.294 e. The lowest BCUT2D eigenvalue weighted by Crippen LogP contribution is -2.36. The first-order chi connectivity index (χ1) is 13.7. The summed E-state index contributed by atoms with van der Waals surface area (Å²) in [6.45, 7) is 11.3. The zero-order valence-electron chi connectivity index (χ0n) is 18.1. The maximum Gasteiger partial charge on any atom is 0.159 e. The topological polar surface area (TPSA) is 27.0 Å². The molecule has 2 unspecified atom stereocenters. The maximum atomic E-state index is 13.9. The van der Waals surface area contributed by atoms with Gasteiger partial charge in [-0.15, -0.1) is 0 Å². The highest BCUT2D eigenvalue weighted by molar-refractivity contribution is 5.34. The predicted octanol–water partition coefficient (Wildman–Crippen LogP) is 6.63. The molecule has 0 aliphatic carbocycles. The zero-order valence-corrected chi connectivity index (χ0v) is 18.1. The van der Waals surface area contributed by atoms with Crippen molar-refractivity contribution in [2.45, 2.75) is 65.0 Å². The van der Waals surface area contributed by atoms with E-state index in [4.69, 9.17) is 0 Å². The Hall–Kier alpha value is -2.25. The normalized spacial score (nSPS) is 14.8. The summed E-state index contributed by atoms with van der Waals surface area (Å²) < 4.78 is 27.3. The van der Waals surface area contributed by atoms with Gasteiger partial charge in [-0.2, -0.15) is 5.26 Å². The Morgan fingerprint density at radius 1 is 0.966 bits per heavy atom. The van der Waals surface area contributed by atoms with Gasteiger partial charge in [-0.25, -0.2) is 8.78 Å². The highest BCUT2D eigenvalue weighted by atomic mass is 19.2. The molecule has 0 fully saturated rings. The van der Waals surface area contributed by atoms with Gasteiger partial charge >= 0.3 is 0 Å². The van der Waals surface area contributed by atoms with Crippen LogP contribution in [0.1, 0.15) is 64.6 Å². The van der Waals surface area contributed by atoms with Crippen LogP contribution in [0.5, 0.6) is 0 Å². The largest absolute Gasteiger partial charge is 0.294 e. The van der Waals surface area contributed by atoms with Crippen LogP contribution >= 0.6 is 0 Å². The van der Waals surface area contributed by atoms with E-state index in [1.165, 1.54) is 11.6 Å². The Morgan fingerprint density at radius 3 is 2.14 bits per heavy atom. The first-order valence-electron chi connectivity index (χ1n) is 10.4. The van der Waals surface area contributed by atoms with E-state index >= 15 is 0 Å². The second-order valence-corrected chi connectivity index (χ2v) is 8.39. The van der Waals surface area contributed by atoms with E-state index in [1.807, 2.05) is 32.0 Å². The highest BCUT2D eigenvalue weighted by Crippen LogP contribution is 2.37. The lowest BCUT2D eigenvalue weighted by atomic mass is 9.69. The molecule has 4 heteroatoms. The van der Waals surface area contributed by atoms with Gasteiger partial charge in [0.1, 0.15) is 0 Å². The standard InChI is InChI=1S/C25H32F2N2/c1-18(2)25(17-28,22-12-13-23(26)24(27)16-22)14-9-15-29(19(3)4)20(5)21-10-7-6-8-11-21/h6-8,10-13,16,18-20H,9,14-15H2,1-5H3. The maximum absolute atomic E-state index is 13.9. The predicted molar refractivity (Wildman–Crippen MR) is 114 cm³/mol. The smallest absolute Gasteiger partial charge is 0.159 e. The molecule has 0 aromatic heterocycles. The lowest BCUT2D eigenvalue weighted by Gasteiger charge is -2.36. The molecule has 0 saturated carbocycles. The van der Waals surface area contributed by atoms with Gasteiger partial charge in [0, 0.05) is 12.1 Å². The summed E-state index contributed by atoms with van der Waals surface area (Å²) >= 11 is 0. The molecule has 29 heavy (non-hydrogen) atoms. The van der Waals surface area contributed by atoms with Gasteiger partial charge < -0.3 is 0 Å². The number of hydrogen-bond donors (Lipinski definition) is 0. The summed E-state index contributed by atoms with van der Waals surface area (Å²) in [5.41, 5.74) is 0.978. The van der Waals surface area contributed by atoms with Crippen LogP contribution in [-0.4, -0.2) is 17.5 Å². The van der Waals surface area contributed by atoms with E-state index in [9.17, 15) is 14.0 Å². The van der Waals surface area contributed by atoms with Crippen LogP contribution in [0.25, 0.3) is 0 Å². The summed E-state index contributed by atoms with van der Waals surface area (Å²) in [5.74, 6) is -1.80. The summed E-state index contributed by atoms with van der Waals surface area (Å²) in [7, 11) is 0. The van der Waals surface area contributed by atoms with E-state index in [2.05, 4.69) is 43.9 Å².